The Morgan fingerprint density at radius 3 is 2.29 bits per heavy atom. The van der Waals surface area contributed by atoms with Crippen molar-refractivity contribution in [3.63, 3.8) is 0 Å². The van der Waals surface area contributed by atoms with E-state index in [4.69, 9.17) is 4.74 Å². The van der Waals surface area contributed by atoms with Gasteiger partial charge < -0.3 is 4.74 Å². The Morgan fingerprint density at radius 2 is 1.88 bits per heavy atom. The molecule has 0 atom stereocenters. The highest BCUT2D eigenvalue weighted by atomic mass is 32.2. The molecule has 0 heterocycles. The Balaban J connectivity index is 2.16. The van der Waals surface area contributed by atoms with Crippen molar-refractivity contribution in [1.29, 1.82) is 0 Å². The van der Waals surface area contributed by atoms with Crippen molar-refractivity contribution < 1.29 is 17.9 Å². The summed E-state index contributed by atoms with van der Waals surface area (Å²) < 4.78 is 29.5. The van der Waals surface area contributed by atoms with Gasteiger partial charge in [-0.25, -0.2) is 8.42 Å². The Morgan fingerprint density at radius 1 is 1.29 bits per heavy atom. The van der Waals surface area contributed by atoms with Crippen LogP contribution in [0, 0.1) is 0 Å². The first-order valence-corrected chi connectivity index (χ1v) is 7.04. The third-order valence-electron chi connectivity index (χ3n) is 2.69. The number of hydrogen-bond donors (Lipinski definition) is 1. The maximum atomic E-state index is 11.0. The van der Waals surface area contributed by atoms with Crippen LogP contribution in [0.15, 0.2) is 24.3 Å². The van der Waals surface area contributed by atoms with Crippen LogP contribution in [0.3, 0.4) is 0 Å². The average Bonchev–Trinajstić information content (AvgIpc) is 2.98. The van der Waals surface area contributed by atoms with E-state index in [0.29, 0.717) is 12.2 Å². The Kier molecular flexibility index (Phi) is 2.82. The molecule has 0 aromatic heterocycles. The first kappa shape index (κ1) is 11.9. The van der Waals surface area contributed by atoms with E-state index in [2.05, 4.69) is 4.72 Å². The van der Waals surface area contributed by atoms with Gasteiger partial charge in [0.15, 0.2) is 0 Å². The third kappa shape index (κ3) is 2.76. The zero-order valence-electron chi connectivity index (χ0n) is 9.34. The Hall–Kier alpha value is -1.56. The summed E-state index contributed by atoms with van der Waals surface area (Å²) in [5.74, 6) is 0. The minimum Gasteiger partial charge on any atom is -0.456 e. The molecular weight excluding hydrogens is 242 g/mol. The van der Waals surface area contributed by atoms with Gasteiger partial charge in [-0.1, -0.05) is 12.1 Å². The maximum absolute atomic E-state index is 11.0. The summed E-state index contributed by atoms with van der Waals surface area (Å²) in [5.41, 5.74) is 0.910. The van der Waals surface area contributed by atoms with E-state index >= 15 is 0 Å². The van der Waals surface area contributed by atoms with Crippen molar-refractivity contribution in [2.45, 2.75) is 18.4 Å². The first-order chi connectivity index (χ1) is 7.95. The molecule has 0 spiro atoms. The lowest BCUT2D eigenvalue weighted by Gasteiger charge is -2.14. The molecule has 0 radical (unpaired) electrons. The van der Waals surface area contributed by atoms with E-state index in [-0.39, 0.29) is 0 Å². The summed E-state index contributed by atoms with van der Waals surface area (Å²) in [6.07, 6.45) is 2.72. The smallest absolute Gasteiger partial charge is 0.293 e. The molecule has 6 heteroatoms. The van der Waals surface area contributed by atoms with Crippen LogP contribution in [-0.2, 0) is 25.2 Å². The highest BCUT2D eigenvalue weighted by Crippen LogP contribution is 2.48. The molecule has 0 bridgehead atoms. The van der Waals surface area contributed by atoms with Gasteiger partial charge >= 0.3 is 0 Å². The fourth-order valence-corrected chi connectivity index (χ4v) is 2.30. The fourth-order valence-electron chi connectivity index (χ4n) is 1.74. The normalized spacial score (nSPS) is 17.2. The van der Waals surface area contributed by atoms with Crippen LogP contribution in [-0.4, -0.2) is 21.1 Å². The van der Waals surface area contributed by atoms with Gasteiger partial charge in [-0.05, 0) is 30.5 Å². The summed E-state index contributed by atoms with van der Waals surface area (Å²) in [4.78, 5) is 10.4. The van der Waals surface area contributed by atoms with Crippen LogP contribution in [0.25, 0.3) is 0 Å². The first-order valence-electron chi connectivity index (χ1n) is 5.15. The average molecular weight is 255 g/mol. The predicted octanol–water partition coefficient (Wildman–Crippen LogP) is 1.22. The van der Waals surface area contributed by atoms with E-state index < -0.39 is 15.6 Å². The topological polar surface area (TPSA) is 72.5 Å². The monoisotopic (exact) mass is 255 g/mol. The molecule has 5 nitrogen and oxygen atoms in total. The lowest BCUT2D eigenvalue weighted by Crippen LogP contribution is -2.12. The maximum Gasteiger partial charge on any atom is 0.293 e. The van der Waals surface area contributed by atoms with Crippen LogP contribution in [0.4, 0.5) is 5.69 Å². The fraction of sp³-hybridized carbons (Fsp3) is 0.364. The molecule has 1 aliphatic carbocycles. The van der Waals surface area contributed by atoms with E-state index in [1.54, 1.807) is 24.3 Å². The van der Waals surface area contributed by atoms with E-state index in [0.717, 1.165) is 24.7 Å². The minimum absolute atomic E-state index is 0.454. The Labute approximate surface area is 99.8 Å². The van der Waals surface area contributed by atoms with Crippen molar-refractivity contribution in [1.82, 2.24) is 0 Å². The van der Waals surface area contributed by atoms with Gasteiger partial charge in [-0.3, -0.25) is 9.52 Å². The quantitative estimate of drug-likeness (QED) is 0.803. The van der Waals surface area contributed by atoms with Gasteiger partial charge in [0.2, 0.25) is 10.0 Å². The van der Waals surface area contributed by atoms with E-state index in [1.165, 1.54) is 0 Å². The van der Waals surface area contributed by atoms with Gasteiger partial charge in [0.25, 0.3) is 6.47 Å². The van der Waals surface area contributed by atoms with Crippen molar-refractivity contribution in [3.8, 4) is 0 Å². The van der Waals surface area contributed by atoms with E-state index in [1.807, 2.05) is 0 Å². The summed E-state index contributed by atoms with van der Waals surface area (Å²) in [6.45, 7) is 0.454. The third-order valence-corrected chi connectivity index (χ3v) is 3.30. The van der Waals surface area contributed by atoms with Gasteiger partial charge in [0, 0.05) is 5.69 Å². The molecule has 0 unspecified atom stereocenters. The molecule has 1 fully saturated rings. The number of sulfonamides is 1. The number of nitrogens with one attached hydrogen (secondary N) is 1. The highest BCUT2D eigenvalue weighted by molar-refractivity contribution is 7.92. The lowest BCUT2D eigenvalue weighted by molar-refractivity contribution is -0.136. The lowest BCUT2D eigenvalue weighted by atomic mass is 10.1. The largest absolute Gasteiger partial charge is 0.456 e. The summed E-state index contributed by atoms with van der Waals surface area (Å²) >= 11 is 0. The highest BCUT2D eigenvalue weighted by Gasteiger charge is 2.46. The van der Waals surface area contributed by atoms with Crippen LogP contribution in [0.5, 0.6) is 0 Å². The molecular formula is C11H13NO4S. The molecule has 0 amide bonds. The SMILES string of the molecule is CS(=O)(=O)Nc1ccc(C2(OC=O)CC2)cc1. The minimum atomic E-state index is -3.26. The molecule has 2 rings (SSSR count). The second kappa shape index (κ2) is 4.03. The molecule has 1 aromatic rings. The van der Waals surface area contributed by atoms with Crippen LogP contribution >= 0.6 is 0 Å². The van der Waals surface area contributed by atoms with Crippen LogP contribution < -0.4 is 4.72 Å². The van der Waals surface area contributed by atoms with E-state index in [9.17, 15) is 13.2 Å². The van der Waals surface area contributed by atoms with Crippen molar-refractivity contribution >= 4 is 22.2 Å². The zero-order chi connectivity index (χ0) is 12.5. The number of benzene rings is 1. The van der Waals surface area contributed by atoms with Gasteiger partial charge in [-0.15, -0.1) is 0 Å². The molecule has 92 valence electrons. The number of anilines is 1. The van der Waals surface area contributed by atoms with Crippen molar-refractivity contribution in [3.05, 3.63) is 29.8 Å². The van der Waals surface area contributed by atoms with Crippen molar-refractivity contribution in [2.75, 3.05) is 11.0 Å². The molecule has 1 aliphatic rings. The summed E-state index contributed by atoms with van der Waals surface area (Å²) in [6, 6.07) is 6.85. The molecule has 0 aliphatic heterocycles. The van der Waals surface area contributed by atoms with Gasteiger partial charge in [0.1, 0.15) is 5.60 Å². The summed E-state index contributed by atoms with van der Waals surface area (Å²) in [7, 11) is -3.26. The number of carbonyl (C=O) groups excluding carboxylic acids is 1. The van der Waals surface area contributed by atoms with Gasteiger partial charge in [-0.2, -0.15) is 0 Å². The number of carbonyl (C=O) groups is 1. The molecule has 1 saturated carbocycles. The number of hydrogen-bond acceptors (Lipinski definition) is 4. The number of rotatable bonds is 5. The molecule has 1 aromatic carbocycles. The predicted molar refractivity (Wildman–Crippen MR) is 63.0 cm³/mol. The van der Waals surface area contributed by atoms with Gasteiger partial charge in [0.05, 0.1) is 6.26 Å². The molecule has 1 N–H and O–H groups in total. The second-order valence-electron chi connectivity index (χ2n) is 4.16. The summed E-state index contributed by atoms with van der Waals surface area (Å²) in [5, 5.41) is 0. The Bertz CT molecular complexity index is 517. The van der Waals surface area contributed by atoms with Crippen molar-refractivity contribution in [2.24, 2.45) is 0 Å². The second-order valence-corrected chi connectivity index (χ2v) is 5.91. The standard InChI is InChI=1S/C11H13NO4S/c1-17(14,15)12-10-4-2-9(3-5-10)11(6-7-11)16-8-13/h2-5,8,12H,6-7H2,1H3. The van der Waals surface area contributed by atoms with Crippen LogP contribution in [0.2, 0.25) is 0 Å². The van der Waals surface area contributed by atoms with Crippen LogP contribution in [0.1, 0.15) is 18.4 Å². The zero-order valence-corrected chi connectivity index (χ0v) is 10.2. The molecule has 0 saturated heterocycles. The number of ether oxygens (including phenoxy) is 1. The molecule has 17 heavy (non-hydrogen) atoms.